The highest BCUT2D eigenvalue weighted by Crippen LogP contribution is 2.30. The number of benzene rings is 1. The van der Waals surface area contributed by atoms with Crippen LogP contribution in [0.5, 0.6) is 5.75 Å². The molecular weight excluding hydrogens is 181 g/mol. The predicted octanol–water partition coefficient (Wildman–Crippen LogP) is 2.29. The van der Waals surface area contributed by atoms with Crippen molar-refractivity contribution < 1.29 is 9.50 Å². The zero-order valence-electron chi connectivity index (χ0n) is 7.96. The van der Waals surface area contributed by atoms with Gasteiger partial charge in [-0.25, -0.2) is 4.39 Å². The predicted molar refractivity (Wildman–Crippen MR) is 52.9 cm³/mol. The topological polar surface area (TPSA) is 32.3 Å². The van der Waals surface area contributed by atoms with Gasteiger partial charge in [-0.3, -0.25) is 0 Å². The first kappa shape index (κ1) is 9.46. The summed E-state index contributed by atoms with van der Waals surface area (Å²) in [6, 6.07) is 5.14. The van der Waals surface area contributed by atoms with Crippen LogP contribution in [0.25, 0.3) is 0 Å². The van der Waals surface area contributed by atoms with Crippen molar-refractivity contribution in [1.29, 1.82) is 0 Å². The number of phenolic OH excluding ortho intramolecular Hbond substituents is 1. The van der Waals surface area contributed by atoms with E-state index in [1.54, 1.807) is 18.2 Å². The van der Waals surface area contributed by atoms with Crippen molar-refractivity contribution in [3.05, 3.63) is 29.3 Å². The van der Waals surface area contributed by atoms with Gasteiger partial charge in [-0.05, 0) is 37.1 Å². The molecule has 2 rings (SSSR count). The molecule has 0 aliphatic carbocycles. The van der Waals surface area contributed by atoms with Crippen molar-refractivity contribution in [2.24, 2.45) is 0 Å². The summed E-state index contributed by atoms with van der Waals surface area (Å²) in [6.45, 7) is 0.504. The van der Waals surface area contributed by atoms with Gasteiger partial charge in [0.15, 0.2) is 0 Å². The van der Waals surface area contributed by atoms with Crippen LogP contribution in [-0.4, -0.2) is 11.7 Å². The van der Waals surface area contributed by atoms with Crippen molar-refractivity contribution in [1.82, 2.24) is 5.32 Å². The Morgan fingerprint density at radius 2 is 2.36 bits per heavy atom. The van der Waals surface area contributed by atoms with Gasteiger partial charge in [-0.15, -0.1) is 0 Å². The maximum Gasteiger partial charge on any atom is 0.120 e. The number of hydrogen-bond donors (Lipinski definition) is 2. The Morgan fingerprint density at radius 3 is 3.00 bits per heavy atom. The maximum absolute atomic E-state index is 12.4. The molecule has 1 aromatic carbocycles. The zero-order chi connectivity index (χ0) is 9.97. The first-order valence-electron chi connectivity index (χ1n) is 4.92. The molecule has 0 radical (unpaired) electrons. The van der Waals surface area contributed by atoms with Gasteiger partial charge in [0, 0.05) is 11.6 Å². The van der Waals surface area contributed by atoms with E-state index in [0.29, 0.717) is 5.56 Å². The molecule has 1 atom stereocenters. The van der Waals surface area contributed by atoms with E-state index >= 15 is 0 Å². The standard InChI is InChI=1S/C11H14FNO/c12-7-8-3-4-11(14)9(6-8)10-2-1-5-13-10/h3-4,6,10,13-14H,1-2,5,7H2. The van der Waals surface area contributed by atoms with E-state index in [9.17, 15) is 9.50 Å². The Morgan fingerprint density at radius 1 is 1.50 bits per heavy atom. The maximum atomic E-state index is 12.4. The lowest BCUT2D eigenvalue weighted by Gasteiger charge is -2.13. The van der Waals surface area contributed by atoms with E-state index in [1.807, 2.05) is 0 Å². The van der Waals surface area contributed by atoms with Crippen molar-refractivity contribution in [2.75, 3.05) is 6.54 Å². The Balaban J connectivity index is 2.29. The molecule has 1 unspecified atom stereocenters. The molecule has 0 saturated carbocycles. The molecule has 1 aromatic rings. The Labute approximate surface area is 82.8 Å². The van der Waals surface area contributed by atoms with Gasteiger partial charge in [0.25, 0.3) is 0 Å². The average Bonchev–Trinajstić information content (AvgIpc) is 2.71. The molecule has 0 amide bonds. The summed E-state index contributed by atoms with van der Waals surface area (Å²) in [7, 11) is 0. The smallest absolute Gasteiger partial charge is 0.120 e. The number of phenols is 1. The number of alkyl halides is 1. The minimum atomic E-state index is -0.472. The van der Waals surface area contributed by atoms with Crippen LogP contribution in [-0.2, 0) is 6.67 Å². The molecule has 0 aromatic heterocycles. The third kappa shape index (κ3) is 1.73. The fourth-order valence-corrected chi connectivity index (χ4v) is 1.92. The zero-order valence-corrected chi connectivity index (χ0v) is 7.96. The van der Waals surface area contributed by atoms with Crippen LogP contribution < -0.4 is 5.32 Å². The highest BCUT2D eigenvalue weighted by Gasteiger charge is 2.19. The lowest BCUT2D eigenvalue weighted by Crippen LogP contribution is -2.13. The van der Waals surface area contributed by atoms with Crippen LogP contribution in [0.3, 0.4) is 0 Å². The van der Waals surface area contributed by atoms with E-state index in [2.05, 4.69) is 5.32 Å². The van der Waals surface area contributed by atoms with Gasteiger partial charge in [-0.2, -0.15) is 0 Å². The van der Waals surface area contributed by atoms with Crippen LogP contribution in [0.1, 0.15) is 30.0 Å². The van der Waals surface area contributed by atoms with Crippen molar-refractivity contribution in [3.8, 4) is 5.75 Å². The summed E-state index contributed by atoms with van der Waals surface area (Å²) in [5.74, 6) is 0.265. The van der Waals surface area contributed by atoms with Crippen molar-refractivity contribution in [2.45, 2.75) is 25.6 Å². The summed E-state index contributed by atoms with van der Waals surface area (Å²) in [4.78, 5) is 0. The molecule has 1 aliphatic rings. The van der Waals surface area contributed by atoms with E-state index in [-0.39, 0.29) is 11.8 Å². The number of nitrogens with one attached hydrogen (secondary N) is 1. The number of halogens is 1. The van der Waals surface area contributed by atoms with Crippen molar-refractivity contribution in [3.63, 3.8) is 0 Å². The molecule has 3 heteroatoms. The Hall–Kier alpha value is -1.09. The molecule has 1 aliphatic heterocycles. The molecule has 1 fully saturated rings. The third-order valence-electron chi connectivity index (χ3n) is 2.68. The fraction of sp³-hybridized carbons (Fsp3) is 0.455. The largest absolute Gasteiger partial charge is 0.508 e. The minimum Gasteiger partial charge on any atom is -0.508 e. The Kier molecular flexibility index (Phi) is 2.68. The molecule has 1 heterocycles. The van der Waals surface area contributed by atoms with Gasteiger partial charge >= 0.3 is 0 Å². The molecule has 0 spiro atoms. The molecular formula is C11H14FNO. The van der Waals surface area contributed by atoms with E-state index in [1.165, 1.54) is 0 Å². The molecule has 76 valence electrons. The summed E-state index contributed by atoms with van der Waals surface area (Å²) in [5.41, 5.74) is 1.46. The van der Waals surface area contributed by atoms with E-state index in [0.717, 1.165) is 24.9 Å². The summed E-state index contributed by atoms with van der Waals surface area (Å²) in [5, 5.41) is 12.9. The van der Waals surface area contributed by atoms with Crippen LogP contribution in [0.2, 0.25) is 0 Å². The molecule has 14 heavy (non-hydrogen) atoms. The summed E-state index contributed by atoms with van der Waals surface area (Å²) < 4.78 is 12.4. The highest BCUT2D eigenvalue weighted by molar-refractivity contribution is 5.38. The minimum absolute atomic E-state index is 0.196. The molecule has 1 saturated heterocycles. The van der Waals surface area contributed by atoms with Gasteiger partial charge in [0.1, 0.15) is 12.4 Å². The Bertz CT molecular complexity index is 321. The highest BCUT2D eigenvalue weighted by atomic mass is 19.1. The third-order valence-corrected chi connectivity index (χ3v) is 2.68. The molecule has 2 nitrogen and oxygen atoms in total. The van der Waals surface area contributed by atoms with E-state index in [4.69, 9.17) is 0 Å². The molecule has 2 N–H and O–H groups in total. The number of hydrogen-bond acceptors (Lipinski definition) is 2. The average molecular weight is 195 g/mol. The van der Waals surface area contributed by atoms with Crippen LogP contribution in [0, 0.1) is 0 Å². The number of aromatic hydroxyl groups is 1. The van der Waals surface area contributed by atoms with Crippen LogP contribution in [0.15, 0.2) is 18.2 Å². The lowest BCUT2D eigenvalue weighted by molar-refractivity contribution is 0.452. The SMILES string of the molecule is Oc1ccc(CF)cc1C1CCCN1. The first-order valence-corrected chi connectivity index (χ1v) is 4.92. The van der Waals surface area contributed by atoms with Crippen molar-refractivity contribution >= 4 is 0 Å². The fourth-order valence-electron chi connectivity index (χ4n) is 1.92. The van der Waals surface area contributed by atoms with Gasteiger partial charge in [0.05, 0.1) is 0 Å². The summed E-state index contributed by atoms with van der Waals surface area (Å²) in [6.07, 6.45) is 2.13. The van der Waals surface area contributed by atoms with Gasteiger partial charge < -0.3 is 10.4 Å². The second-order valence-corrected chi connectivity index (χ2v) is 3.68. The second-order valence-electron chi connectivity index (χ2n) is 3.68. The number of rotatable bonds is 2. The summed E-state index contributed by atoms with van der Waals surface area (Å²) >= 11 is 0. The van der Waals surface area contributed by atoms with Gasteiger partial charge in [-0.1, -0.05) is 6.07 Å². The lowest BCUT2D eigenvalue weighted by atomic mass is 10.0. The first-order chi connectivity index (χ1) is 6.81. The molecule has 0 bridgehead atoms. The van der Waals surface area contributed by atoms with Crippen LogP contribution in [0.4, 0.5) is 4.39 Å². The van der Waals surface area contributed by atoms with Crippen LogP contribution >= 0.6 is 0 Å². The second kappa shape index (κ2) is 3.96. The van der Waals surface area contributed by atoms with Gasteiger partial charge in [0.2, 0.25) is 0 Å². The van der Waals surface area contributed by atoms with E-state index < -0.39 is 6.67 Å². The normalized spacial score (nSPS) is 21.4. The quantitative estimate of drug-likeness (QED) is 0.758. The monoisotopic (exact) mass is 195 g/mol.